The molecule has 0 spiro atoms. The Kier molecular flexibility index (Phi) is 8.14. The van der Waals surface area contributed by atoms with E-state index < -0.39 is 0 Å². The van der Waals surface area contributed by atoms with E-state index >= 15 is 0 Å². The number of hydrogen-bond acceptors (Lipinski definition) is 5. The third kappa shape index (κ3) is 5.61. The van der Waals surface area contributed by atoms with Crippen molar-refractivity contribution < 1.29 is 9.47 Å². The Labute approximate surface area is 197 Å². The molecule has 9 heteroatoms. The molecule has 1 aromatic heterocycles. The molecule has 0 amide bonds. The Morgan fingerprint density at radius 3 is 2.79 bits per heavy atom. The number of hydrogen-bond donors (Lipinski definition) is 2. The number of aliphatic imine (C=N–C) groups is 1. The summed E-state index contributed by atoms with van der Waals surface area (Å²) < 4.78 is 11.2. The van der Waals surface area contributed by atoms with E-state index in [0.29, 0.717) is 42.3 Å². The maximum atomic E-state index is 6.33. The molecule has 29 heavy (non-hydrogen) atoms. The summed E-state index contributed by atoms with van der Waals surface area (Å²) >= 11 is 8.13. The van der Waals surface area contributed by atoms with Gasteiger partial charge in [0.15, 0.2) is 17.5 Å². The number of fused-ring (bicyclic) bond motifs is 1. The third-order valence-electron chi connectivity index (χ3n) is 4.99. The minimum absolute atomic E-state index is 0. The molecular weight excluding hydrogens is 523 g/mol. The van der Waals surface area contributed by atoms with Crippen molar-refractivity contribution in [2.75, 3.05) is 38.3 Å². The lowest BCUT2D eigenvalue weighted by Crippen LogP contribution is -2.48. The van der Waals surface area contributed by atoms with Gasteiger partial charge in [-0.2, -0.15) is 0 Å². The van der Waals surface area contributed by atoms with E-state index in [1.807, 2.05) is 12.1 Å². The molecule has 0 bridgehead atoms. The number of thiophene rings is 1. The van der Waals surface area contributed by atoms with Crippen LogP contribution in [0, 0.1) is 0 Å². The number of benzene rings is 1. The molecule has 4 rings (SSSR count). The fraction of sp³-hybridized carbons (Fsp3) is 0.450. The monoisotopic (exact) mass is 548 g/mol. The summed E-state index contributed by atoms with van der Waals surface area (Å²) in [5, 5.41) is 11.0. The molecule has 6 nitrogen and oxygen atoms in total. The number of anilines is 1. The van der Waals surface area contributed by atoms with Crippen LogP contribution in [0.15, 0.2) is 34.6 Å². The largest absolute Gasteiger partial charge is 0.486 e. The normalized spacial score (nSPS) is 16.9. The van der Waals surface area contributed by atoms with Crippen LogP contribution in [0.25, 0.3) is 0 Å². The lowest BCUT2D eigenvalue weighted by molar-refractivity contribution is 0.171. The lowest BCUT2D eigenvalue weighted by atomic mass is 10.1. The van der Waals surface area contributed by atoms with Crippen LogP contribution in [0.1, 0.15) is 18.4 Å². The zero-order chi connectivity index (χ0) is 19.3. The zero-order valence-corrected chi connectivity index (χ0v) is 20.2. The van der Waals surface area contributed by atoms with E-state index in [1.165, 1.54) is 5.00 Å². The first-order chi connectivity index (χ1) is 13.7. The average molecular weight is 549 g/mol. The van der Waals surface area contributed by atoms with Gasteiger partial charge in [-0.1, -0.05) is 11.6 Å². The van der Waals surface area contributed by atoms with Crippen molar-refractivity contribution in [2.45, 2.75) is 25.4 Å². The molecule has 0 atom stereocenters. The predicted molar refractivity (Wildman–Crippen MR) is 131 cm³/mol. The van der Waals surface area contributed by atoms with Gasteiger partial charge >= 0.3 is 0 Å². The van der Waals surface area contributed by atoms with Crippen LogP contribution in [0.2, 0.25) is 5.02 Å². The van der Waals surface area contributed by atoms with Crippen LogP contribution in [0.4, 0.5) is 5.00 Å². The summed E-state index contributed by atoms with van der Waals surface area (Å²) in [4.78, 5) is 6.82. The number of halogens is 2. The van der Waals surface area contributed by atoms with E-state index in [-0.39, 0.29) is 24.0 Å². The molecule has 1 aromatic carbocycles. The number of rotatable bonds is 4. The molecular formula is C20H26ClIN4O2S. The Balaban J connectivity index is 0.00000240. The number of ether oxygens (including phenoxy) is 2. The summed E-state index contributed by atoms with van der Waals surface area (Å²) in [7, 11) is 1.80. The van der Waals surface area contributed by atoms with E-state index in [4.69, 9.17) is 21.1 Å². The van der Waals surface area contributed by atoms with Crippen LogP contribution in [0.3, 0.4) is 0 Å². The second-order valence-electron chi connectivity index (χ2n) is 6.88. The van der Waals surface area contributed by atoms with E-state index in [0.717, 1.165) is 37.5 Å². The molecule has 0 unspecified atom stereocenters. The number of piperidine rings is 1. The number of nitrogens with one attached hydrogen (secondary N) is 2. The van der Waals surface area contributed by atoms with Crippen molar-refractivity contribution >= 4 is 57.9 Å². The Bertz CT molecular complexity index is 826. The van der Waals surface area contributed by atoms with Crippen LogP contribution in [-0.4, -0.2) is 45.4 Å². The van der Waals surface area contributed by atoms with Gasteiger partial charge in [-0.25, -0.2) is 0 Å². The highest BCUT2D eigenvalue weighted by Crippen LogP contribution is 2.38. The molecule has 2 N–H and O–H groups in total. The Morgan fingerprint density at radius 1 is 1.28 bits per heavy atom. The minimum Gasteiger partial charge on any atom is -0.486 e. The van der Waals surface area contributed by atoms with Gasteiger partial charge in [-0.05, 0) is 48.1 Å². The summed E-state index contributed by atoms with van der Waals surface area (Å²) in [6.45, 7) is 3.82. The first-order valence-electron chi connectivity index (χ1n) is 9.56. The fourth-order valence-electron chi connectivity index (χ4n) is 3.53. The van der Waals surface area contributed by atoms with E-state index in [1.54, 1.807) is 18.4 Å². The van der Waals surface area contributed by atoms with Gasteiger partial charge in [0, 0.05) is 32.7 Å². The van der Waals surface area contributed by atoms with Gasteiger partial charge in [0.2, 0.25) is 0 Å². The molecule has 1 saturated heterocycles. The average Bonchev–Trinajstić information content (AvgIpc) is 3.26. The second kappa shape index (κ2) is 10.6. The highest BCUT2D eigenvalue weighted by molar-refractivity contribution is 14.0. The maximum Gasteiger partial charge on any atom is 0.191 e. The minimum atomic E-state index is 0. The molecule has 3 heterocycles. The molecule has 2 aromatic rings. The van der Waals surface area contributed by atoms with Crippen molar-refractivity contribution in [1.29, 1.82) is 0 Å². The van der Waals surface area contributed by atoms with E-state index in [2.05, 4.69) is 38.0 Å². The van der Waals surface area contributed by atoms with Crippen molar-refractivity contribution in [3.63, 3.8) is 0 Å². The van der Waals surface area contributed by atoms with Gasteiger partial charge in [0.1, 0.15) is 13.2 Å². The topological polar surface area (TPSA) is 58.1 Å². The fourth-order valence-corrected chi connectivity index (χ4v) is 4.61. The molecule has 0 radical (unpaired) electrons. The Hall–Kier alpha value is -1.39. The van der Waals surface area contributed by atoms with Gasteiger partial charge < -0.3 is 25.0 Å². The quantitative estimate of drug-likeness (QED) is 0.342. The summed E-state index contributed by atoms with van der Waals surface area (Å²) in [5.41, 5.74) is 1.03. The molecule has 2 aliphatic rings. The van der Waals surface area contributed by atoms with Crippen LogP contribution < -0.4 is 25.0 Å². The molecule has 2 aliphatic heterocycles. The van der Waals surface area contributed by atoms with Gasteiger partial charge in [0.05, 0.1) is 10.0 Å². The van der Waals surface area contributed by atoms with Crippen LogP contribution >= 0.6 is 46.9 Å². The van der Waals surface area contributed by atoms with Crippen molar-refractivity contribution in [3.05, 3.63) is 40.2 Å². The summed E-state index contributed by atoms with van der Waals surface area (Å²) in [5.74, 6) is 2.15. The highest BCUT2D eigenvalue weighted by Gasteiger charge is 2.21. The zero-order valence-electron chi connectivity index (χ0n) is 16.3. The van der Waals surface area contributed by atoms with Crippen molar-refractivity contribution in [2.24, 2.45) is 4.99 Å². The van der Waals surface area contributed by atoms with Gasteiger partial charge in [-0.3, -0.25) is 4.99 Å². The van der Waals surface area contributed by atoms with E-state index in [9.17, 15) is 0 Å². The molecule has 0 aliphatic carbocycles. The highest BCUT2D eigenvalue weighted by atomic mass is 127. The van der Waals surface area contributed by atoms with Gasteiger partial charge in [-0.15, -0.1) is 35.3 Å². The lowest BCUT2D eigenvalue weighted by Gasteiger charge is -2.33. The smallest absolute Gasteiger partial charge is 0.191 e. The van der Waals surface area contributed by atoms with Crippen LogP contribution in [0.5, 0.6) is 11.5 Å². The van der Waals surface area contributed by atoms with Crippen molar-refractivity contribution in [1.82, 2.24) is 10.6 Å². The van der Waals surface area contributed by atoms with Crippen LogP contribution in [-0.2, 0) is 6.54 Å². The molecule has 158 valence electrons. The third-order valence-corrected chi connectivity index (χ3v) is 6.20. The number of guanidine groups is 1. The summed E-state index contributed by atoms with van der Waals surface area (Å²) in [6.07, 6.45) is 2.18. The Morgan fingerprint density at radius 2 is 2.07 bits per heavy atom. The first-order valence-corrected chi connectivity index (χ1v) is 10.8. The number of nitrogens with zero attached hydrogens (tertiary/aromatic N) is 2. The first kappa shape index (κ1) is 22.3. The molecule has 0 saturated carbocycles. The molecule has 1 fully saturated rings. The summed E-state index contributed by atoms with van der Waals surface area (Å²) in [6, 6.07) is 8.61. The second-order valence-corrected chi connectivity index (χ2v) is 8.22. The predicted octanol–water partition coefficient (Wildman–Crippen LogP) is 4.12. The maximum absolute atomic E-state index is 6.33. The van der Waals surface area contributed by atoms with Crippen molar-refractivity contribution in [3.8, 4) is 11.5 Å². The van der Waals surface area contributed by atoms with Gasteiger partial charge in [0.25, 0.3) is 0 Å². The SMILES string of the molecule is CN=C(NCc1cc(Cl)c2c(c1)OCCO2)NC1CCN(c2cccs2)CC1.I. The standard InChI is InChI=1S/C20H25ClN4O2S.HI/c1-22-20(24-15-4-6-25(7-5-15)18-3-2-10-28-18)23-13-14-11-16(21)19-17(12-14)26-8-9-27-19;/h2-3,10-12,15H,4-9,13H2,1H3,(H2,22,23,24);1H.